The molecule has 1 rings (SSSR count). The van der Waals surface area contributed by atoms with Gasteiger partial charge in [0.25, 0.3) is 0 Å². The molecule has 0 aromatic heterocycles. The summed E-state index contributed by atoms with van der Waals surface area (Å²) in [5, 5.41) is 8.92. The zero-order valence-electron chi connectivity index (χ0n) is 8.59. The Hall–Kier alpha value is -1.61. The van der Waals surface area contributed by atoms with Gasteiger partial charge in [-0.2, -0.15) is 0 Å². The van der Waals surface area contributed by atoms with E-state index in [2.05, 4.69) is 0 Å². The number of esters is 1. The van der Waals surface area contributed by atoms with Crippen LogP contribution in [-0.4, -0.2) is 23.8 Å². The molecule has 0 aliphatic heterocycles. The molecule has 1 aromatic rings. The zero-order valence-corrected chi connectivity index (χ0v) is 8.59. The minimum Gasteiger partial charge on any atom is -0.456 e. The van der Waals surface area contributed by atoms with Crippen molar-refractivity contribution in [1.82, 2.24) is 0 Å². The Morgan fingerprint density at radius 3 is 2.67 bits per heavy atom. The monoisotopic (exact) mass is 206 g/mol. The third-order valence-corrected chi connectivity index (χ3v) is 1.80. The molecule has 0 amide bonds. The lowest BCUT2D eigenvalue weighted by molar-refractivity contribution is -0.145. The molecule has 80 valence electrons. The summed E-state index contributed by atoms with van der Waals surface area (Å²) in [6, 6.07) is 9.61. The third-order valence-electron chi connectivity index (χ3n) is 1.80. The van der Waals surface area contributed by atoms with Crippen LogP contribution in [0.4, 0.5) is 0 Å². The predicted molar refractivity (Wildman–Crippen MR) is 58.1 cm³/mol. The first-order valence-electron chi connectivity index (χ1n) is 4.73. The second kappa shape index (κ2) is 5.98. The molecule has 0 heterocycles. The molecule has 15 heavy (non-hydrogen) atoms. The average molecular weight is 206 g/mol. The fourth-order valence-corrected chi connectivity index (χ4v) is 1.13. The summed E-state index contributed by atoms with van der Waals surface area (Å²) in [4.78, 5) is 10.7. The first-order valence-corrected chi connectivity index (χ1v) is 4.73. The van der Waals surface area contributed by atoms with Gasteiger partial charge < -0.3 is 9.84 Å². The van der Waals surface area contributed by atoms with E-state index in [1.165, 1.54) is 6.92 Å². The first kappa shape index (κ1) is 11.5. The van der Waals surface area contributed by atoms with Crippen LogP contribution >= 0.6 is 0 Å². The van der Waals surface area contributed by atoms with Gasteiger partial charge in [-0.15, -0.1) is 0 Å². The standard InChI is InChI=1S/C12H14O3/c1-10(14)15-12(9-13)8-7-11-5-3-2-4-6-11/h2-8,12-13H,9H2,1H3. The Labute approximate surface area is 89.0 Å². The van der Waals surface area contributed by atoms with Gasteiger partial charge in [-0.05, 0) is 11.6 Å². The Balaban J connectivity index is 2.58. The van der Waals surface area contributed by atoms with E-state index in [0.29, 0.717) is 0 Å². The summed E-state index contributed by atoms with van der Waals surface area (Å²) in [6.07, 6.45) is 2.91. The maximum atomic E-state index is 10.7. The second-order valence-electron chi connectivity index (χ2n) is 3.10. The molecule has 0 spiro atoms. The molecule has 0 saturated carbocycles. The average Bonchev–Trinajstić information content (AvgIpc) is 2.25. The number of rotatable bonds is 4. The van der Waals surface area contributed by atoms with Crippen molar-refractivity contribution in [2.75, 3.05) is 6.61 Å². The molecule has 3 heteroatoms. The lowest BCUT2D eigenvalue weighted by Crippen LogP contribution is -2.17. The van der Waals surface area contributed by atoms with E-state index in [9.17, 15) is 4.79 Å². The Bertz CT molecular complexity index is 330. The van der Waals surface area contributed by atoms with Crippen LogP contribution in [0.15, 0.2) is 36.4 Å². The van der Waals surface area contributed by atoms with Crippen LogP contribution in [0.3, 0.4) is 0 Å². The van der Waals surface area contributed by atoms with E-state index in [-0.39, 0.29) is 6.61 Å². The van der Waals surface area contributed by atoms with E-state index in [4.69, 9.17) is 9.84 Å². The Morgan fingerprint density at radius 2 is 2.13 bits per heavy atom. The molecule has 1 N–H and O–H groups in total. The predicted octanol–water partition coefficient (Wildman–Crippen LogP) is 1.62. The molecule has 0 aliphatic rings. The minimum absolute atomic E-state index is 0.205. The first-order chi connectivity index (χ1) is 7.22. The van der Waals surface area contributed by atoms with Crippen molar-refractivity contribution < 1.29 is 14.6 Å². The number of hydrogen-bond donors (Lipinski definition) is 1. The number of aliphatic hydroxyl groups excluding tert-OH is 1. The lowest BCUT2D eigenvalue weighted by atomic mass is 10.2. The Kier molecular flexibility index (Phi) is 4.57. The molecule has 0 aliphatic carbocycles. The summed E-state index contributed by atoms with van der Waals surface area (Å²) in [5.74, 6) is -0.397. The maximum Gasteiger partial charge on any atom is 0.303 e. The molecular formula is C12H14O3. The number of ether oxygens (including phenoxy) is 1. The minimum atomic E-state index is -0.567. The molecule has 0 bridgehead atoms. The van der Waals surface area contributed by atoms with Crippen molar-refractivity contribution in [3.05, 3.63) is 42.0 Å². The van der Waals surface area contributed by atoms with Crippen LogP contribution in [0.2, 0.25) is 0 Å². The van der Waals surface area contributed by atoms with Crippen LogP contribution in [0.5, 0.6) is 0 Å². The normalized spacial score (nSPS) is 12.7. The number of aliphatic hydroxyl groups is 1. The number of benzene rings is 1. The van der Waals surface area contributed by atoms with E-state index in [0.717, 1.165) is 5.56 Å². The molecular weight excluding hydrogens is 192 g/mol. The van der Waals surface area contributed by atoms with Crippen LogP contribution in [0.1, 0.15) is 12.5 Å². The highest BCUT2D eigenvalue weighted by molar-refractivity contribution is 5.66. The molecule has 0 saturated heterocycles. The van der Waals surface area contributed by atoms with Gasteiger partial charge in [0.2, 0.25) is 0 Å². The van der Waals surface area contributed by atoms with Gasteiger partial charge in [-0.1, -0.05) is 36.4 Å². The van der Waals surface area contributed by atoms with Crippen molar-refractivity contribution in [2.24, 2.45) is 0 Å². The van der Waals surface area contributed by atoms with Gasteiger partial charge in [0.15, 0.2) is 0 Å². The van der Waals surface area contributed by atoms with Crippen LogP contribution in [-0.2, 0) is 9.53 Å². The third kappa shape index (κ3) is 4.42. The SMILES string of the molecule is CC(=O)OC(C=Cc1ccccc1)CO. The fourth-order valence-electron chi connectivity index (χ4n) is 1.13. The van der Waals surface area contributed by atoms with Gasteiger partial charge in [0, 0.05) is 6.92 Å². The maximum absolute atomic E-state index is 10.7. The number of carbonyl (C=O) groups is 1. The largest absolute Gasteiger partial charge is 0.456 e. The summed E-state index contributed by atoms with van der Waals surface area (Å²) >= 11 is 0. The van der Waals surface area contributed by atoms with Crippen LogP contribution in [0, 0.1) is 0 Å². The van der Waals surface area contributed by atoms with E-state index >= 15 is 0 Å². The fraction of sp³-hybridized carbons (Fsp3) is 0.250. The van der Waals surface area contributed by atoms with E-state index < -0.39 is 12.1 Å². The van der Waals surface area contributed by atoms with Crippen LogP contribution < -0.4 is 0 Å². The summed E-state index contributed by atoms with van der Waals surface area (Å²) in [6.45, 7) is 1.11. The highest BCUT2D eigenvalue weighted by Crippen LogP contribution is 2.03. The molecule has 1 atom stereocenters. The smallest absolute Gasteiger partial charge is 0.303 e. The second-order valence-corrected chi connectivity index (χ2v) is 3.10. The molecule has 3 nitrogen and oxygen atoms in total. The van der Waals surface area contributed by atoms with Crippen LogP contribution in [0.25, 0.3) is 6.08 Å². The van der Waals surface area contributed by atoms with Crippen molar-refractivity contribution in [3.8, 4) is 0 Å². The highest BCUT2D eigenvalue weighted by atomic mass is 16.5. The quantitative estimate of drug-likeness (QED) is 0.761. The van der Waals surface area contributed by atoms with Gasteiger partial charge in [-0.3, -0.25) is 4.79 Å². The molecule has 0 fully saturated rings. The van der Waals surface area contributed by atoms with Crippen molar-refractivity contribution in [3.63, 3.8) is 0 Å². The van der Waals surface area contributed by atoms with Crippen molar-refractivity contribution in [1.29, 1.82) is 0 Å². The summed E-state index contributed by atoms with van der Waals surface area (Å²) in [5.41, 5.74) is 1.00. The lowest BCUT2D eigenvalue weighted by Gasteiger charge is -2.08. The topological polar surface area (TPSA) is 46.5 Å². The molecule has 1 unspecified atom stereocenters. The van der Waals surface area contributed by atoms with Gasteiger partial charge >= 0.3 is 5.97 Å². The summed E-state index contributed by atoms with van der Waals surface area (Å²) in [7, 11) is 0. The number of hydrogen-bond acceptors (Lipinski definition) is 3. The summed E-state index contributed by atoms with van der Waals surface area (Å²) < 4.78 is 4.85. The van der Waals surface area contributed by atoms with Gasteiger partial charge in [-0.25, -0.2) is 0 Å². The highest BCUT2D eigenvalue weighted by Gasteiger charge is 2.05. The molecule has 1 aromatic carbocycles. The van der Waals surface area contributed by atoms with Crippen molar-refractivity contribution >= 4 is 12.0 Å². The van der Waals surface area contributed by atoms with E-state index in [1.54, 1.807) is 6.08 Å². The van der Waals surface area contributed by atoms with E-state index in [1.807, 2.05) is 36.4 Å². The van der Waals surface area contributed by atoms with Gasteiger partial charge in [0.05, 0.1) is 6.61 Å². The van der Waals surface area contributed by atoms with Crippen molar-refractivity contribution in [2.45, 2.75) is 13.0 Å². The Morgan fingerprint density at radius 1 is 1.47 bits per heavy atom. The zero-order chi connectivity index (χ0) is 11.1. The van der Waals surface area contributed by atoms with Gasteiger partial charge in [0.1, 0.15) is 6.10 Å². The molecule has 0 radical (unpaired) electrons. The number of carbonyl (C=O) groups excluding carboxylic acids is 1.